The van der Waals surface area contributed by atoms with Gasteiger partial charge in [0.15, 0.2) is 11.5 Å². The topological polar surface area (TPSA) is 96.7 Å². The summed E-state index contributed by atoms with van der Waals surface area (Å²) in [5.41, 5.74) is 1.22. The Bertz CT molecular complexity index is 1290. The molecule has 3 N–H and O–H groups in total. The van der Waals surface area contributed by atoms with E-state index in [0.717, 1.165) is 18.5 Å². The molecule has 0 aliphatic carbocycles. The van der Waals surface area contributed by atoms with Gasteiger partial charge in [0.25, 0.3) is 0 Å². The van der Waals surface area contributed by atoms with E-state index in [1.54, 1.807) is 24.3 Å². The first-order valence-electron chi connectivity index (χ1n) is 11.5. The van der Waals surface area contributed by atoms with Crippen molar-refractivity contribution in [1.29, 1.82) is 0 Å². The summed E-state index contributed by atoms with van der Waals surface area (Å²) in [7, 11) is 0. The maximum Gasteiger partial charge on any atom is 0.163 e. The fourth-order valence-corrected chi connectivity index (χ4v) is 2.30. The minimum Gasteiger partial charge on any atom is -0.487 e. The van der Waals surface area contributed by atoms with Gasteiger partial charge in [-0.15, -0.1) is 6.42 Å². The normalized spacial score (nSPS) is 16.9. The molecule has 1 heterocycles. The molecule has 3 aromatic rings. The number of anilines is 2. The summed E-state index contributed by atoms with van der Waals surface area (Å²) in [6.45, 7) is -13.7. The first-order chi connectivity index (χ1) is 16.0. The first kappa shape index (κ1) is 10.7. The highest BCUT2D eigenvalue weighted by atomic mass is 16.5. The van der Waals surface area contributed by atoms with Gasteiger partial charge >= 0.3 is 0 Å². The van der Waals surface area contributed by atoms with Gasteiger partial charge in [-0.25, -0.2) is 9.97 Å². The Hall–Kier alpha value is -3.34. The van der Waals surface area contributed by atoms with Crippen molar-refractivity contribution in [2.45, 2.75) is 0 Å². The smallest absolute Gasteiger partial charge is 0.163 e. The van der Waals surface area contributed by atoms with Crippen LogP contribution in [0.15, 0.2) is 42.7 Å². The zero-order chi connectivity index (χ0) is 26.2. The van der Waals surface area contributed by atoms with Crippen molar-refractivity contribution in [3.05, 3.63) is 48.3 Å². The van der Waals surface area contributed by atoms with E-state index in [1.807, 2.05) is 0 Å². The quantitative estimate of drug-likeness (QED) is 0.520. The van der Waals surface area contributed by atoms with Gasteiger partial charge in [0.2, 0.25) is 0 Å². The van der Waals surface area contributed by atoms with Gasteiger partial charge in [0, 0.05) is 22.7 Å². The van der Waals surface area contributed by atoms with Gasteiger partial charge in [-0.2, -0.15) is 0 Å². The van der Waals surface area contributed by atoms with Gasteiger partial charge in [0.1, 0.15) is 25.3 Å². The number of ether oxygens (including phenoxy) is 2. The number of hydrogen-bond donors (Lipinski definition) is 3. The zero-order valence-corrected chi connectivity index (χ0v) is 13.7. The predicted molar refractivity (Wildman–Crippen MR) is 102 cm³/mol. The van der Waals surface area contributed by atoms with Crippen LogP contribution in [0.5, 0.6) is 11.5 Å². The van der Waals surface area contributed by atoms with Gasteiger partial charge in [-0.05, 0) is 24.3 Å². The largest absolute Gasteiger partial charge is 0.487 e. The van der Waals surface area contributed by atoms with Crippen molar-refractivity contribution in [2.75, 3.05) is 31.6 Å². The van der Waals surface area contributed by atoms with Crippen molar-refractivity contribution in [3.63, 3.8) is 0 Å². The molecule has 0 aliphatic heterocycles. The van der Waals surface area contributed by atoms with Crippen molar-refractivity contribution in [1.82, 2.24) is 9.97 Å². The maximum absolute atomic E-state index is 9.54. The molecule has 138 valence electrons. The average Bonchev–Trinajstić information content (AvgIpc) is 2.73. The highest BCUT2D eigenvalue weighted by molar-refractivity contribution is 5.93. The molecule has 27 heavy (non-hydrogen) atoms. The van der Waals surface area contributed by atoms with E-state index in [2.05, 4.69) is 21.2 Å². The van der Waals surface area contributed by atoms with Crippen LogP contribution in [0, 0.1) is 12.3 Å². The van der Waals surface area contributed by atoms with E-state index < -0.39 is 37.7 Å². The Balaban J connectivity index is 2.16. The highest BCUT2D eigenvalue weighted by Crippen LogP contribution is 2.35. The third-order valence-corrected chi connectivity index (χ3v) is 3.41. The Labute approximate surface area is 167 Å². The second-order valence-corrected chi connectivity index (χ2v) is 5.02. The SMILES string of the molecule is [2H]C([2H])(O)C([2H])([2H])Oc1cc2ncnc(Nc3cccc(C#C)c3)c2cc1OC([2H])([2H])C([2H])([2H])O. The van der Waals surface area contributed by atoms with Crippen molar-refractivity contribution in [2.24, 2.45) is 0 Å². The fourth-order valence-electron chi connectivity index (χ4n) is 2.30. The summed E-state index contributed by atoms with van der Waals surface area (Å²) in [6, 6.07) is 8.90. The number of nitrogens with zero attached hydrogens (tertiary/aromatic N) is 2. The van der Waals surface area contributed by atoms with Gasteiger partial charge < -0.3 is 25.0 Å². The van der Waals surface area contributed by atoms with Crippen LogP contribution in [0.2, 0.25) is 0 Å². The molecule has 7 nitrogen and oxygen atoms in total. The molecule has 0 bridgehead atoms. The maximum atomic E-state index is 9.54. The van der Waals surface area contributed by atoms with Crippen LogP contribution in [0.4, 0.5) is 11.5 Å². The molecule has 0 unspecified atom stereocenters. The number of nitrogens with one attached hydrogen (secondary N) is 1. The standard InChI is InChI=1S/C20H19N3O4/c1-2-14-4-3-5-15(10-14)23-20-16-11-18(26-8-6-24)19(27-9-7-25)12-17(16)21-13-22-20/h1,3-5,10-13,24-25H,6-9H2,(H,21,22,23)/i6D2,7D2,8D2,9D2. The monoisotopic (exact) mass is 373 g/mol. The molecule has 0 saturated carbocycles. The number of hydrogen-bond acceptors (Lipinski definition) is 7. The van der Waals surface area contributed by atoms with Gasteiger partial charge in [-0.1, -0.05) is 12.0 Å². The van der Waals surface area contributed by atoms with Crippen LogP contribution in [-0.2, 0) is 0 Å². The lowest BCUT2D eigenvalue weighted by Crippen LogP contribution is -2.07. The number of aromatic nitrogens is 2. The van der Waals surface area contributed by atoms with E-state index in [1.165, 1.54) is 0 Å². The van der Waals surface area contributed by atoms with Crippen molar-refractivity contribution < 1.29 is 30.7 Å². The Kier molecular flexibility index (Phi) is 3.51. The molecule has 2 aromatic carbocycles. The molecule has 7 heteroatoms. The molecule has 0 aliphatic rings. The summed E-state index contributed by atoms with van der Waals surface area (Å²) >= 11 is 0. The number of aliphatic hydroxyl groups is 2. The Morgan fingerprint density at radius 2 is 1.81 bits per heavy atom. The molecule has 0 atom stereocenters. The highest BCUT2D eigenvalue weighted by Gasteiger charge is 2.12. The van der Waals surface area contributed by atoms with Crippen molar-refractivity contribution >= 4 is 22.4 Å². The zero-order valence-electron chi connectivity index (χ0n) is 21.7. The second kappa shape index (κ2) is 8.85. The molecule has 0 saturated heterocycles. The summed E-state index contributed by atoms with van der Waals surface area (Å²) < 4.78 is 69.9. The number of terminal acetylenes is 1. The van der Waals surface area contributed by atoms with Crippen LogP contribution in [0.3, 0.4) is 0 Å². The van der Waals surface area contributed by atoms with Crippen LogP contribution < -0.4 is 14.8 Å². The van der Waals surface area contributed by atoms with Crippen LogP contribution in [0.1, 0.15) is 16.5 Å². The third-order valence-electron chi connectivity index (χ3n) is 3.41. The molecule has 0 amide bonds. The van der Waals surface area contributed by atoms with Gasteiger partial charge in [-0.3, -0.25) is 0 Å². The van der Waals surface area contributed by atoms with E-state index in [4.69, 9.17) is 26.9 Å². The predicted octanol–water partition coefficient (Wildman–Crippen LogP) is 2.10. The van der Waals surface area contributed by atoms with E-state index in [9.17, 15) is 10.2 Å². The Morgan fingerprint density at radius 1 is 1.07 bits per heavy atom. The summed E-state index contributed by atoms with van der Waals surface area (Å²) in [5.74, 6) is 1.39. The van der Waals surface area contributed by atoms with Crippen molar-refractivity contribution in [3.8, 4) is 23.8 Å². The van der Waals surface area contributed by atoms with Crippen LogP contribution in [0.25, 0.3) is 10.9 Å². The lowest BCUT2D eigenvalue weighted by Gasteiger charge is -2.14. The number of benzene rings is 2. The minimum atomic E-state index is -3.49. The van der Waals surface area contributed by atoms with Crippen LogP contribution >= 0.6 is 0 Å². The number of rotatable bonds is 8. The molecule has 0 radical (unpaired) electrons. The van der Waals surface area contributed by atoms with E-state index in [-0.39, 0.29) is 16.7 Å². The fraction of sp³-hybridized carbons (Fsp3) is 0.200. The molecule has 3 rings (SSSR count). The average molecular weight is 373 g/mol. The Morgan fingerprint density at radius 3 is 2.52 bits per heavy atom. The molecular weight excluding hydrogens is 346 g/mol. The van der Waals surface area contributed by atoms with Crippen LogP contribution in [-0.4, -0.2) is 46.4 Å². The van der Waals surface area contributed by atoms with Gasteiger partial charge in [0.05, 0.1) is 29.6 Å². The number of fused-ring (bicyclic) bond motifs is 1. The lowest BCUT2D eigenvalue weighted by atomic mass is 10.2. The third kappa shape index (κ3) is 4.44. The summed E-state index contributed by atoms with van der Waals surface area (Å²) in [5, 5.41) is 22.2. The summed E-state index contributed by atoms with van der Waals surface area (Å²) in [4.78, 5) is 8.17. The van der Waals surface area contributed by atoms with E-state index in [0.29, 0.717) is 11.3 Å². The summed E-state index contributed by atoms with van der Waals surface area (Å²) in [6.07, 6.45) is 6.58. The second-order valence-electron chi connectivity index (χ2n) is 5.02. The molecular formula is C20H19N3O4. The molecule has 0 spiro atoms. The lowest BCUT2D eigenvalue weighted by molar-refractivity contribution is 0.178. The minimum absolute atomic E-state index is 0.111. The first-order valence-corrected chi connectivity index (χ1v) is 7.49. The molecule has 1 aromatic heterocycles. The van der Waals surface area contributed by atoms with E-state index >= 15 is 0 Å². The molecule has 0 fully saturated rings.